The van der Waals surface area contributed by atoms with Crippen LogP contribution in [0.1, 0.15) is 25.0 Å². The van der Waals surface area contributed by atoms with Gasteiger partial charge in [0.15, 0.2) is 0 Å². The largest absolute Gasteiger partial charge is 0.368 e. The van der Waals surface area contributed by atoms with Gasteiger partial charge in [0.25, 0.3) is 0 Å². The summed E-state index contributed by atoms with van der Waals surface area (Å²) in [7, 11) is 0. The molecule has 1 heterocycles. The maximum Gasteiger partial charge on any atom is 0.135 e. The lowest BCUT2D eigenvalue weighted by Gasteiger charge is -2.13. The fraction of sp³-hybridized carbons (Fsp3) is 0.333. The Morgan fingerprint density at radius 1 is 1.05 bits per heavy atom. The van der Waals surface area contributed by atoms with Crippen molar-refractivity contribution in [3.05, 3.63) is 40.7 Å². The first-order valence-corrected chi connectivity index (χ1v) is 6.96. The second-order valence-corrected chi connectivity index (χ2v) is 5.56. The number of aryl methyl sites for hydroxylation is 2. The highest BCUT2D eigenvalue weighted by Crippen LogP contribution is 2.29. The number of hydrogen-bond acceptors (Lipinski definition) is 4. The molecule has 0 spiro atoms. The Hall–Kier alpha value is -1.81. The quantitative estimate of drug-likeness (QED) is 0.881. The van der Waals surface area contributed by atoms with Crippen molar-refractivity contribution < 1.29 is 0 Å². The zero-order valence-corrected chi connectivity index (χ0v) is 12.9. The zero-order chi connectivity index (χ0) is 14.7. The summed E-state index contributed by atoms with van der Waals surface area (Å²) < 4.78 is 0. The lowest BCUT2D eigenvalue weighted by molar-refractivity contribution is 0.886. The monoisotopic (exact) mass is 290 g/mol. The van der Waals surface area contributed by atoms with E-state index in [4.69, 9.17) is 11.6 Å². The Labute approximate surface area is 124 Å². The molecule has 106 valence electrons. The molecular formula is C15H19ClN4. The minimum absolute atomic E-state index is 0.322. The summed E-state index contributed by atoms with van der Waals surface area (Å²) >= 11 is 6.29. The van der Waals surface area contributed by atoms with E-state index in [1.165, 1.54) is 6.33 Å². The summed E-state index contributed by atoms with van der Waals surface area (Å²) in [6.07, 6.45) is 1.53. The third-order valence-corrected chi connectivity index (χ3v) is 3.09. The van der Waals surface area contributed by atoms with Crippen LogP contribution in [0.2, 0.25) is 5.02 Å². The standard InChI is InChI=1S/C15H19ClN4/c1-9(2)19-13-7-14(18-8-17-13)20-15-11(4)5-10(3)6-12(15)16/h5-9H,1-4H3,(H2,17,18,19,20). The van der Waals surface area contributed by atoms with Crippen LogP contribution in [0.4, 0.5) is 17.3 Å². The molecule has 0 unspecified atom stereocenters. The molecule has 0 fully saturated rings. The van der Waals surface area contributed by atoms with Gasteiger partial charge in [-0.15, -0.1) is 0 Å². The van der Waals surface area contributed by atoms with Gasteiger partial charge in [-0.1, -0.05) is 17.7 Å². The van der Waals surface area contributed by atoms with Gasteiger partial charge < -0.3 is 10.6 Å². The predicted molar refractivity (Wildman–Crippen MR) is 85.0 cm³/mol. The van der Waals surface area contributed by atoms with Crippen LogP contribution >= 0.6 is 11.6 Å². The van der Waals surface area contributed by atoms with Crippen molar-refractivity contribution in [2.24, 2.45) is 0 Å². The Morgan fingerprint density at radius 2 is 1.75 bits per heavy atom. The Bertz CT molecular complexity index is 588. The van der Waals surface area contributed by atoms with Crippen LogP contribution in [0.3, 0.4) is 0 Å². The predicted octanol–water partition coefficient (Wildman–Crippen LogP) is 4.31. The second kappa shape index (κ2) is 6.09. The molecule has 0 bridgehead atoms. The summed E-state index contributed by atoms with van der Waals surface area (Å²) in [5.41, 5.74) is 3.11. The van der Waals surface area contributed by atoms with Crippen molar-refractivity contribution in [3.63, 3.8) is 0 Å². The summed E-state index contributed by atoms with van der Waals surface area (Å²) in [5, 5.41) is 7.20. The van der Waals surface area contributed by atoms with Gasteiger partial charge in [-0.3, -0.25) is 0 Å². The van der Waals surface area contributed by atoms with Gasteiger partial charge in [0, 0.05) is 12.1 Å². The minimum atomic E-state index is 0.322. The SMILES string of the molecule is Cc1cc(C)c(Nc2cc(NC(C)C)ncn2)c(Cl)c1. The van der Waals surface area contributed by atoms with E-state index in [2.05, 4.69) is 40.5 Å². The average Bonchev–Trinajstić information content (AvgIpc) is 2.33. The molecule has 20 heavy (non-hydrogen) atoms. The van der Waals surface area contributed by atoms with E-state index in [9.17, 15) is 0 Å². The molecular weight excluding hydrogens is 272 g/mol. The lowest BCUT2D eigenvalue weighted by atomic mass is 10.1. The Balaban J connectivity index is 2.26. The van der Waals surface area contributed by atoms with E-state index in [1.54, 1.807) is 0 Å². The highest BCUT2D eigenvalue weighted by Gasteiger charge is 2.07. The van der Waals surface area contributed by atoms with Crippen LogP contribution in [-0.4, -0.2) is 16.0 Å². The van der Waals surface area contributed by atoms with Crippen molar-refractivity contribution in [1.82, 2.24) is 9.97 Å². The molecule has 2 aromatic rings. The van der Waals surface area contributed by atoms with E-state index in [0.29, 0.717) is 11.1 Å². The first-order chi connectivity index (χ1) is 9.45. The molecule has 0 atom stereocenters. The Kier molecular flexibility index (Phi) is 4.45. The third-order valence-electron chi connectivity index (χ3n) is 2.79. The van der Waals surface area contributed by atoms with Crippen LogP contribution < -0.4 is 10.6 Å². The van der Waals surface area contributed by atoms with Gasteiger partial charge in [0.05, 0.1) is 10.7 Å². The molecule has 0 amide bonds. The van der Waals surface area contributed by atoms with Gasteiger partial charge in [0.2, 0.25) is 0 Å². The molecule has 0 saturated carbocycles. The van der Waals surface area contributed by atoms with Crippen molar-refractivity contribution in [1.29, 1.82) is 0 Å². The number of nitrogens with one attached hydrogen (secondary N) is 2. The van der Waals surface area contributed by atoms with E-state index in [1.807, 2.05) is 26.0 Å². The first-order valence-electron chi connectivity index (χ1n) is 6.58. The average molecular weight is 291 g/mol. The molecule has 0 saturated heterocycles. The van der Waals surface area contributed by atoms with Crippen LogP contribution in [0, 0.1) is 13.8 Å². The molecule has 0 aliphatic rings. The number of benzene rings is 1. The second-order valence-electron chi connectivity index (χ2n) is 5.15. The molecule has 0 aliphatic carbocycles. The van der Waals surface area contributed by atoms with Crippen LogP contribution in [0.5, 0.6) is 0 Å². The number of anilines is 3. The first kappa shape index (κ1) is 14.6. The molecule has 0 aliphatic heterocycles. The highest BCUT2D eigenvalue weighted by molar-refractivity contribution is 6.33. The molecule has 2 rings (SSSR count). The van der Waals surface area contributed by atoms with Crippen molar-refractivity contribution in [3.8, 4) is 0 Å². The smallest absolute Gasteiger partial charge is 0.135 e. The molecule has 5 heteroatoms. The summed E-state index contributed by atoms with van der Waals surface area (Å²) in [6.45, 7) is 8.18. The zero-order valence-electron chi connectivity index (χ0n) is 12.2. The number of halogens is 1. The maximum absolute atomic E-state index is 6.29. The molecule has 4 nitrogen and oxygen atoms in total. The summed E-state index contributed by atoms with van der Waals surface area (Å²) in [4.78, 5) is 8.41. The van der Waals surface area contributed by atoms with E-state index in [-0.39, 0.29) is 0 Å². The topological polar surface area (TPSA) is 49.8 Å². The van der Waals surface area contributed by atoms with E-state index < -0.39 is 0 Å². The van der Waals surface area contributed by atoms with Gasteiger partial charge in [-0.05, 0) is 44.9 Å². The number of rotatable bonds is 4. The van der Waals surface area contributed by atoms with Crippen LogP contribution in [-0.2, 0) is 0 Å². The van der Waals surface area contributed by atoms with Gasteiger partial charge in [0.1, 0.15) is 18.0 Å². The van der Waals surface area contributed by atoms with E-state index >= 15 is 0 Å². The van der Waals surface area contributed by atoms with Gasteiger partial charge >= 0.3 is 0 Å². The molecule has 0 radical (unpaired) electrons. The van der Waals surface area contributed by atoms with Gasteiger partial charge in [-0.25, -0.2) is 9.97 Å². The van der Waals surface area contributed by atoms with Crippen molar-refractivity contribution in [2.75, 3.05) is 10.6 Å². The maximum atomic E-state index is 6.29. The third kappa shape index (κ3) is 3.61. The minimum Gasteiger partial charge on any atom is -0.368 e. The fourth-order valence-corrected chi connectivity index (χ4v) is 2.37. The number of nitrogens with zero attached hydrogens (tertiary/aromatic N) is 2. The van der Waals surface area contributed by atoms with Crippen molar-refractivity contribution in [2.45, 2.75) is 33.7 Å². The number of aromatic nitrogens is 2. The summed E-state index contributed by atoms with van der Waals surface area (Å²) in [5.74, 6) is 1.51. The normalized spacial score (nSPS) is 10.7. The van der Waals surface area contributed by atoms with Crippen LogP contribution in [0.15, 0.2) is 24.5 Å². The molecule has 2 N–H and O–H groups in total. The molecule has 1 aromatic carbocycles. The van der Waals surface area contributed by atoms with Gasteiger partial charge in [-0.2, -0.15) is 0 Å². The van der Waals surface area contributed by atoms with Crippen molar-refractivity contribution >= 4 is 28.9 Å². The molecule has 1 aromatic heterocycles. The Morgan fingerprint density at radius 3 is 2.40 bits per heavy atom. The van der Waals surface area contributed by atoms with E-state index in [0.717, 1.165) is 28.5 Å². The fourth-order valence-electron chi connectivity index (χ4n) is 2.00. The number of hydrogen-bond donors (Lipinski definition) is 2. The highest BCUT2D eigenvalue weighted by atomic mass is 35.5. The van der Waals surface area contributed by atoms with Crippen LogP contribution in [0.25, 0.3) is 0 Å². The lowest BCUT2D eigenvalue weighted by Crippen LogP contribution is -2.11. The summed E-state index contributed by atoms with van der Waals surface area (Å²) in [6, 6.07) is 6.21.